The number of carbonyl (C=O) groups is 1. The molecule has 0 unspecified atom stereocenters. The third-order valence-electron chi connectivity index (χ3n) is 6.94. The zero-order valence-electron chi connectivity index (χ0n) is 21.0. The van der Waals surface area contributed by atoms with Crippen molar-refractivity contribution in [2.24, 2.45) is 0 Å². The Bertz CT molecular complexity index is 1160. The van der Waals surface area contributed by atoms with E-state index in [2.05, 4.69) is 32.3 Å². The molecule has 0 spiro atoms. The summed E-state index contributed by atoms with van der Waals surface area (Å²) in [5.41, 5.74) is 3.85. The summed E-state index contributed by atoms with van der Waals surface area (Å²) in [5.74, 6) is 1.45. The fourth-order valence-corrected chi connectivity index (χ4v) is 4.87. The van der Waals surface area contributed by atoms with Gasteiger partial charge in [-0.25, -0.2) is 4.98 Å². The lowest BCUT2D eigenvalue weighted by molar-refractivity contribution is 0.0833. The van der Waals surface area contributed by atoms with Crippen molar-refractivity contribution in [1.82, 2.24) is 14.9 Å². The van der Waals surface area contributed by atoms with E-state index in [4.69, 9.17) is 13.9 Å². The molecular formula is C28H34N4O5. The second kappa shape index (κ2) is 12.3. The SMILES string of the molecule is O=C(CC[C@H](O)CN1CCc2cc(OCc3cnco3)ccc2C1)c1cc(NC2CCOCC2)ccn1. The van der Waals surface area contributed by atoms with E-state index < -0.39 is 6.10 Å². The number of rotatable bonds is 11. The number of pyridine rings is 1. The summed E-state index contributed by atoms with van der Waals surface area (Å²) in [6.07, 6.45) is 7.62. The highest BCUT2D eigenvalue weighted by Crippen LogP contribution is 2.25. The number of Topliss-reactive ketones (excluding diaryl/α,β-unsaturated/α-hetero) is 1. The molecule has 0 saturated carbocycles. The fourth-order valence-electron chi connectivity index (χ4n) is 4.87. The first-order valence-electron chi connectivity index (χ1n) is 13.0. The van der Waals surface area contributed by atoms with Crippen molar-refractivity contribution >= 4 is 11.5 Å². The van der Waals surface area contributed by atoms with Gasteiger partial charge in [-0.1, -0.05) is 6.07 Å². The Morgan fingerprint density at radius 2 is 2.11 bits per heavy atom. The Morgan fingerprint density at radius 1 is 1.22 bits per heavy atom. The summed E-state index contributed by atoms with van der Waals surface area (Å²) >= 11 is 0. The second-order valence-corrected chi connectivity index (χ2v) is 9.75. The summed E-state index contributed by atoms with van der Waals surface area (Å²) in [5, 5.41) is 14.1. The van der Waals surface area contributed by atoms with E-state index >= 15 is 0 Å². The molecular weight excluding hydrogens is 472 g/mol. The van der Waals surface area contributed by atoms with Crippen LogP contribution in [0.5, 0.6) is 5.75 Å². The summed E-state index contributed by atoms with van der Waals surface area (Å²) in [7, 11) is 0. The number of benzene rings is 1. The molecule has 0 bridgehead atoms. The van der Waals surface area contributed by atoms with Gasteiger partial charge in [0.1, 0.15) is 18.1 Å². The minimum Gasteiger partial charge on any atom is -0.486 e. The van der Waals surface area contributed by atoms with E-state index in [9.17, 15) is 9.90 Å². The molecule has 5 rings (SSSR count). The van der Waals surface area contributed by atoms with Crippen LogP contribution in [0, 0.1) is 0 Å². The molecule has 2 aromatic heterocycles. The van der Waals surface area contributed by atoms with Crippen LogP contribution in [0.25, 0.3) is 0 Å². The van der Waals surface area contributed by atoms with Crippen LogP contribution in [0.2, 0.25) is 0 Å². The molecule has 1 saturated heterocycles. The van der Waals surface area contributed by atoms with Gasteiger partial charge in [0, 0.05) is 57.2 Å². The molecule has 9 heteroatoms. The maximum atomic E-state index is 12.8. The van der Waals surface area contributed by atoms with Gasteiger partial charge in [-0.15, -0.1) is 0 Å². The standard InChI is InChI=1S/C28H34N4O5/c33-24(2-4-28(34)27-14-23(5-9-30-27)31-22-7-11-35-12-8-22)17-32-10-6-20-13-25(3-1-21(20)16-32)36-18-26-15-29-19-37-26/h1,3,5,9,13-15,19,22,24,33H,2,4,6-8,10-12,16-18H2,(H,30,31)/t24-/m0/s1. The summed E-state index contributed by atoms with van der Waals surface area (Å²) in [4.78, 5) is 23.2. The van der Waals surface area contributed by atoms with Gasteiger partial charge < -0.3 is 24.3 Å². The monoisotopic (exact) mass is 506 g/mol. The first-order valence-corrected chi connectivity index (χ1v) is 13.0. The molecule has 0 radical (unpaired) electrons. The number of aromatic nitrogens is 2. The molecule has 9 nitrogen and oxygen atoms in total. The molecule has 2 aliphatic rings. The average molecular weight is 507 g/mol. The number of ketones is 1. The highest BCUT2D eigenvalue weighted by atomic mass is 16.5. The molecule has 37 heavy (non-hydrogen) atoms. The van der Waals surface area contributed by atoms with Gasteiger partial charge in [0.15, 0.2) is 17.9 Å². The highest BCUT2D eigenvalue weighted by molar-refractivity contribution is 5.95. The van der Waals surface area contributed by atoms with Crippen molar-refractivity contribution in [3.05, 3.63) is 71.7 Å². The predicted molar refractivity (Wildman–Crippen MR) is 138 cm³/mol. The molecule has 0 aliphatic carbocycles. The maximum Gasteiger partial charge on any atom is 0.181 e. The number of oxazole rings is 1. The summed E-state index contributed by atoms with van der Waals surface area (Å²) < 4.78 is 16.4. The fraction of sp³-hybridized carbons (Fsp3) is 0.464. The van der Waals surface area contributed by atoms with Crippen LogP contribution < -0.4 is 10.1 Å². The minimum absolute atomic E-state index is 0.0449. The van der Waals surface area contributed by atoms with Gasteiger partial charge in [-0.3, -0.25) is 14.7 Å². The van der Waals surface area contributed by atoms with Crippen LogP contribution in [0.4, 0.5) is 5.69 Å². The van der Waals surface area contributed by atoms with E-state index in [1.807, 2.05) is 18.2 Å². The van der Waals surface area contributed by atoms with Crippen molar-refractivity contribution in [1.29, 1.82) is 0 Å². The lowest BCUT2D eigenvalue weighted by atomic mass is 9.98. The zero-order valence-corrected chi connectivity index (χ0v) is 21.0. The van der Waals surface area contributed by atoms with E-state index in [1.54, 1.807) is 12.4 Å². The molecule has 2 N–H and O–H groups in total. The number of hydrogen-bond acceptors (Lipinski definition) is 9. The Balaban J connectivity index is 1.07. The Morgan fingerprint density at radius 3 is 2.95 bits per heavy atom. The molecule has 2 aliphatic heterocycles. The van der Waals surface area contributed by atoms with Gasteiger partial charge in [0.05, 0.1) is 12.3 Å². The van der Waals surface area contributed by atoms with Crippen LogP contribution in [0.3, 0.4) is 0 Å². The highest BCUT2D eigenvalue weighted by Gasteiger charge is 2.21. The number of carbonyl (C=O) groups excluding carboxylic acids is 1. The maximum absolute atomic E-state index is 12.8. The summed E-state index contributed by atoms with van der Waals surface area (Å²) in [6.45, 7) is 4.02. The number of hydrogen-bond donors (Lipinski definition) is 2. The van der Waals surface area contributed by atoms with Gasteiger partial charge in [-0.05, 0) is 61.1 Å². The van der Waals surface area contributed by atoms with Crippen LogP contribution >= 0.6 is 0 Å². The van der Waals surface area contributed by atoms with Crippen molar-refractivity contribution < 1.29 is 23.8 Å². The van der Waals surface area contributed by atoms with E-state index in [0.717, 1.165) is 57.0 Å². The van der Waals surface area contributed by atoms with Gasteiger partial charge in [0.2, 0.25) is 0 Å². The number of anilines is 1. The number of fused-ring (bicyclic) bond motifs is 1. The van der Waals surface area contributed by atoms with E-state index in [0.29, 0.717) is 37.1 Å². The Kier molecular flexibility index (Phi) is 8.45. The number of β-amino-alcohol motifs (C(OH)–C–C–N with tert-alkyl or cyclic N) is 1. The Labute approximate surface area is 216 Å². The molecule has 196 valence electrons. The smallest absolute Gasteiger partial charge is 0.181 e. The average Bonchev–Trinajstić information content (AvgIpc) is 3.45. The van der Waals surface area contributed by atoms with E-state index in [1.165, 1.54) is 17.5 Å². The molecule has 1 atom stereocenters. The predicted octanol–water partition coefficient (Wildman–Crippen LogP) is 3.62. The van der Waals surface area contributed by atoms with Crippen LogP contribution in [-0.4, -0.2) is 64.2 Å². The van der Waals surface area contributed by atoms with E-state index in [-0.39, 0.29) is 12.2 Å². The molecule has 3 aromatic rings. The third-order valence-corrected chi connectivity index (χ3v) is 6.94. The van der Waals surface area contributed by atoms with Crippen LogP contribution in [-0.2, 0) is 24.3 Å². The van der Waals surface area contributed by atoms with Crippen LogP contribution in [0.15, 0.2) is 53.5 Å². The number of nitrogens with zero attached hydrogens (tertiary/aromatic N) is 3. The van der Waals surface area contributed by atoms with Gasteiger partial charge in [0.25, 0.3) is 0 Å². The van der Waals surface area contributed by atoms with Crippen molar-refractivity contribution in [3.8, 4) is 5.75 Å². The molecule has 0 amide bonds. The lowest BCUT2D eigenvalue weighted by Gasteiger charge is -2.30. The minimum atomic E-state index is -0.571. The van der Waals surface area contributed by atoms with Crippen LogP contribution in [0.1, 0.15) is 53.1 Å². The molecule has 1 fully saturated rings. The van der Waals surface area contributed by atoms with Gasteiger partial charge in [-0.2, -0.15) is 0 Å². The van der Waals surface area contributed by atoms with Crippen molar-refractivity contribution in [3.63, 3.8) is 0 Å². The largest absolute Gasteiger partial charge is 0.486 e. The quantitative estimate of drug-likeness (QED) is 0.377. The van der Waals surface area contributed by atoms with Gasteiger partial charge >= 0.3 is 0 Å². The molecule has 1 aromatic carbocycles. The number of aliphatic hydroxyl groups excluding tert-OH is 1. The molecule has 4 heterocycles. The Hall–Kier alpha value is -3.27. The topological polar surface area (TPSA) is 110 Å². The first kappa shape index (κ1) is 25.4. The van der Waals surface area contributed by atoms with Crippen molar-refractivity contribution in [2.75, 3.05) is 31.6 Å². The van der Waals surface area contributed by atoms with Crippen molar-refractivity contribution in [2.45, 2.75) is 57.4 Å². The number of ether oxygens (including phenoxy) is 2. The first-order chi connectivity index (χ1) is 18.1. The third kappa shape index (κ3) is 7.15. The lowest BCUT2D eigenvalue weighted by Crippen LogP contribution is -2.36. The summed E-state index contributed by atoms with van der Waals surface area (Å²) in [6, 6.07) is 10.2. The normalized spacial score (nSPS) is 17.2. The number of aliphatic hydroxyl groups is 1. The zero-order chi connectivity index (χ0) is 25.5. The number of nitrogens with one attached hydrogen (secondary N) is 1. The second-order valence-electron chi connectivity index (χ2n) is 9.75.